The Morgan fingerprint density at radius 1 is 1.11 bits per heavy atom. The summed E-state index contributed by atoms with van der Waals surface area (Å²) in [6, 6.07) is 17.3. The van der Waals surface area contributed by atoms with Gasteiger partial charge in [0.2, 0.25) is 0 Å². The molecule has 0 saturated carbocycles. The fourth-order valence-electron chi connectivity index (χ4n) is 3.80. The van der Waals surface area contributed by atoms with Crippen molar-refractivity contribution >= 4 is 49.8 Å². The first kappa shape index (κ1) is 16.7. The zero-order valence-corrected chi connectivity index (χ0v) is 16.5. The minimum absolute atomic E-state index is 0.325. The van der Waals surface area contributed by atoms with Crippen LogP contribution in [0.5, 0.6) is 0 Å². The Kier molecular flexibility index (Phi) is 3.75. The quantitative estimate of drug-likeness (QED) is 0.483. The first-order valence-corrected chi connectivity index (χ1v) is 10.2. The van der Waals surface area contributed by atoms with E-state index >= 15 is 0 Å². The molecule has 27 heavy (non-hydrogen) atoms. The number of benzene rings is 2. The summed E-state index contributed by atoms with van der Waals surface area (Å²) in [5, 5.41) is 14.6. The maximum absolute atomic E-state index is 13.5. The monoisotopic (exact) mass is 438 g/mol. The van der Waals surface area contributed by atoms with E-state index in [1.165, 1.54) is 0 Å². The lowest BCUT2D eigenvalue weighted by atomic mass is 9.87. The zero-order valence-electron chi connectivity index (χ0n) is 14.1. The molecule has 3 heterocycles. The Bertz CT molecular complexity index is 1170. The molecule has 0 fully saturated rings. The summed E-state index contributed by atoms with van der Waals surface area (Å²) in [5.41, 5.74) is 1.08. The number of hydrogen-bond acceptors (Lipinski definition) is 3. The Hall–Kier alpha value is -2.41. The van der Waals surface area contributed by atoms with Crippen molar-refractivity contribution < 1.29 is 9.90 Å². The van der Waals surface area contributed by atoms with Gasteiger partial charge >= 0.3 is 0 Å². The molecule has 0 spiro atoms. The number of para-hydroxylation sites is 1. The molecule has 134 valence electrons. The highest BCUT2D eigenvalue weighted by Crippen LogP contribution is 2.47. The number of nitrogens with zero attached hydrogens (tertiary/aromatic N) is 1. The number of aromatic nitrogens is 1. The first-order chi connectivity index (χ1) is 13.1. The minimum Gasteiger partial charge on any atom is -0.372 e. The molecule has 1 aliphatic rings. The lowest BCUT2D eigenvalue weighted by Gasteiger charge is -2.23. The summed E-state index contributed by atoms with van der Waals surface area (Å²) < 4.78 is 0.824. The van der Waals surface area contributed by atoms with E-state index in [2.05, 4.69) is 20.9 Å². The van der Waals surface area contributed by atoms with Gasteiger partial charge in [0.1, 0.15) is 0 Å². The number of anilines is 1. The zero-order chi connectivity index (χ0) is 18.6. The smallest absolute Gasteiger partial charge is 0.268 e. The van der Waals surface area contributed by atoms with E-state index in [0.29, 0.717) is 17.7 Å². The molecule has 2 aromatic heterocycles. The molecular formula is C21H15BrN2O2S. The third kappa shape index (κ3) is 2.41. The molecule has 5 rings (SSSR count). The van der Waals surface area contributed by atoms with E-state index in [1.54, 1.807) is 22.4 Å². The molecule has 6 heteroatoms. The first-order valence-electron chi connectivity index (χ1n) is 8.52. The standard InChI is InChI=1S/C21H15BrN2O2S/c22-13-7-8-19-16(10-13)21(26,17-11-23-18-6-2-1-5-15(17)18)20(25)24(19)12-14-4-3-9-27-14/h1-11,23,26H,12H2. The van der Waals surface area contributed by atoms with Gasteiger partial charge < -0.3 is 15.0 Å². The van der Waals surface area contributed by atoms with Crippen LogP contribution in [0, 0.1) is 0 Å². The van der Waals surface area contributed by atoms with Gasteiger partial charge in [-0.1, -0.05) is 40.2 Å². The third-order valence-electron chi connectivity index (χ3n) is 5.07. The predicted molar refractivity (Wildman–Crippen MR) is 111 cm³/mol. The number of aromatic amines is 1. The van der Waals surface area contributed by atoms with Gasteiger partial charge in [0, 0.05) is 37.6 Å². The van der Waals surface area contributed by atoms with Crippen LogP contribution in [-0.4, -0.2) is 16.0 Å². The van der Waals surface area contributed by atoms with Crippen molar-refractivity contribution in [3.8, 4) is 0 Å². The number of thiophene rings is 1. The number of carbonyl (C=O) groups is 1. The average molecular weight is 439 g/mol. The maximum Gasteiger partial charge on any atom is 0.268 e. The van der Waals surface area contributed by atoms with Crippen molar-refractivity contribution in [1.29, 1.82) is 0 Å². The number of nitrogens with one attached hydrogen (secondary N) is 1. The minimum atomic E-state index is -1.73. The van der Waals surface area contributed by atoms with Gasteiger partial charge in [-0.05, 0) is 35.7 Å². The van der Waals surface area contributed by atoms with Gasteiger partial charge in [-0.3, -0.25) is 4.79 Å². The van der Waals surface area contributed by atoms with Gasteiger partial charge in [0.15, 0.2) is 5.60 Å². The fraction of sp³-hybridized carbons (Fsp3) is 0.0952. The van der Waals surface area contributed by atoms with Crippen LogP contribution in [0.2, 0.25) is 0 Å². The molecule has 1 atom stereocenters. The summed E-state index contributed by atoms with van der Waals surface area (Å²) in [7, 11) is 0. The van der Waals surface area contributed by atoms with Crippen LogP contribution in [0.4, 0.5) is 5.69 Å². The molecule has 2 N–H and O–H groups in total. The highest BCUT2D eigenvalue weighted by atomic mass is 79.9. The van der Waals surface area contributed by atoms with Gasteiger partial charge in [-0.2, -0.15) is 0 Å². The number of carbonyl (C=O) groups excluding carboxylic acids is 1. The maximum atomic E-state index is 13.5. The molecule has 0 saturated heterocycles. The number of fused-ring (bicyclic) bond motifs is 2. The molecule has 4 nitrogen and oxygen atoms in total. The highest BCUT2D eigenvalue weighted by molar-refractivity contribution is 9.10. The molecule has 2 aromatic carbocycles. The molecule has 1 aliphatic heterocycles. The Labute approximate surface area is 168 Å². The van der Waals surface area contributed by atoms with E-state index in [9.17, 15) is 9.90 Å². The summed E-state index contributed by atoms with van der Waals surface area (Å²) in [5.74, 6) is -0.325. The second kappa shape index (κ2) is 6.05. The van der Waals surface area contributed by atoms with Crippen LogP contribution in [-0.2, 0) is 16.9 Å². The number of amides is 1. The molecular weight excluding hydrogens is 424 g/mol. The van der Waals surface area contributed by atoms with Crippen LogP contribution in [0.3, 0.4) is 0 Å². The molecule has 0 aliphatic carbocycles. The van der Waals surface area contributed by atoms with E-state index in [1.807, 2.05) is 60.0 Å². The number of rotatable bonds is 3. The Morgan fingerprint density at radius 3 is 2.78 bits per heavy atom. The van der Waals surface area contributed by atoms with Crippen LogP contribution in [0.25, 0.3) is 10.9 Å². The largest absolute Gasteiger partial charge is 0.372 e. The van der Waals surface area contributed by atoms with Gasteiger partial charge in [0.25, 0.3) is 5.91 Å². The van der Waals surface area contributed by atoms with Crippen molar-refractivity contribution in [2.24, 2.45) is 0 Å². The highest BCUT2D eigenvalue weighted by Gasteiger charge is 2.52. The second-order valence-corrected chi connectivity index (χ2v) is 8.54. The Morgan fingerprint density at radius 2 is 1.96 bits per heavy atom. The molecule has 0 bridgehead atoms. The predicted octanol–water partition coefficient (Wildman–Crippen LogP) is 4.77. The van der Waals surface area contributed by atoms with Crippen LogP contribution in [0.15, 0.2) is 70.6 Å². The molecule has 0 radical (unpaired) electrons. The van der Waals surface area contributed by atoms with Crippen molar-refractivity contribution in [2.45, 2.75) is 12.1 Å². The van der Waals surface area contributed by atoms with Crippen molar-refractivity contribution in [1.82, 2.24) is 4.98 Å². The van der Waals surface area contributed by atoms with Crippen LogP contribution < -0.4 is 4.90 Å². The van der Waals surface area contributed by atoms with Gasteiger partial charge in [-0.25, -0.2) is 0 Å². The van der Waals surface area contributed by atoms with Gasteiger partial charge in [-0.15, -0.1) is 11.3 Å². The van der Waals surface area contributed by atoms with Crippen LogP contribution >= 0.6 is 27.3 Å². The number of aliphatic hydroxyl groups is 1. The summed E-state index contributed by atoms with van der Waals surface area (Å²) >= 11 is 5.08. The van der Waals surface area contributed by atoms with E-state index in [0.717, 1.165) is 25.9 Å². The summed E-state index contributed by atoms with van der Waals surface area (Å²) in [6.07, 6.45) is 1.74. The fourth-order valence-corrected chi connectivity index (χ4v) is 4.85. The number of halogens is 1. The van der Waals surface area contributed by atoms with Crippen molar-refractivity contribution in [3.63, 3.8) is 0 Å². The topological polar surface area (TPSA) is 56.3 Å². The molecule has 4 aromatic rings. The summed E-state index contributed by atoms with van der Waals surface area (Å²) in [4.78, 5) is 19.4. The number of H-pyrrole nitrogens is 1. The second-order valence-electron chi connectivity index (χ2n) is 6.59. The van der Waals surface area contributed by atoms with Crippen LogP contribution in [0.1, 0.15) is 16.0 Å². The average Bonchev–Trinajstić information content (AvgIpc) is 3.38. The van der Waals surface area contributed by atoms with E-state index < -0.39 is 5.60 Å². The van der Waals surface area contributed by atoms with Crippen molar-refractivity contribution in [3.05, 3.63) is 86.7 Å². The number of hydrogen-bond donors (Lipinski definition) is 2. The van der Waals surface area contributed by atoms with Crippen molar-refractivity contribution in [2.75, 3.05) is 4.90 Å². The molecule has 1 unspecified atom stereocenters. The lowest BCUT2D eigenvalue weighted by molar-refractivity contribution is -0.132. The normalized spacial score (nSPS) is 19.0. The Balaban J connectivity index is 1.73. The third-order valence-corrected chi connectivity index (χ3v) is 6.42. The van der Waals surface area contributed by atoms with E-state index in [4.69, 9.17) is 0 Å². The van der Waals surface area contributed by atoms with Gasteiger partial charge in [0.05, 0.1) is 12.2 Å². The molecule has 1 amide bonds. The lowest BCUT2D eigenvalue weighted by Crippen LogP contribution is -2.40. The van der Waals surface area contributed by atoms with E-state index in [-0.39, 0.29) is 5.91 Å². The summed E-state index contributed by atoms with van der Waals surface area (Å²) in [6.45, 7) is 0.440. The SMILES string of the molecule is O=C1N(Cc2cccs2)c2ccc(Br)cc2C1(O)c1c[nH]c2ccccc12.